The van der Waals surface area contributed by atoms with Crippen LogP contribution >= 0.6 is 23.8 Å². The molecule has 114 valence electrons. The highest BCUT2D eigenvalue weighted by Crippen LogP contribution is 2.22. The number of ether oxygens (including phenoxy) is 1. The van der Waals surface area contributed by atoms with Crippen molar-refractivity contribution in [3.8, 4) is 0 Å². The number of anilines is 2. The van der Waals surface area contributed by atoms with Crippen LogP contribution in [0.2, 0.25) is 5.02 Å². The van der Waals surface area contributed by atoms with Gasteiger partial charge in [0, 0.05) is 5.69 Å². The second-order valence-electron chi connectivity index (χ2n) is 4.28. The van der Waals surface area contributed by atoms with E-state index in [1.54, 1.807) is 24.3 Å². The Morgan fingerprint density at radius 1 is 1.23 bits per heavy atom. The van der Waals surface area contributed by atoms with Gasteiger partial charge in [-0.15, -0.1) is 0 Å². The van der Waals surface area contributed by atoms with Gasteiger partial charge in [0.2, 0.25) is 0 Å². The average molecular weight is 339 g/mol. The lowest BCUT2D eigenvalue weighted by Crippen LogP contribution is -2.19. The summed E-state index contributed by atoms with van der Waals surface area (Å²) in [6.07, 6.45) is 0. The first kappa shape index (κ1) is 16.2. The summed E-state index contributed by atoms with van der Waals surface area (Å²) in [7, 11) is 1.31. The highest BCUT2D eigenvalue weighted by molar-refractivity contribution is 7.80. The summed E-state index contributed by atoms with van der Waals surface area (Å²) >= 11 is 11.1. The lowest BCUT2D eigenvalue weighted by molar-refractivity contribution is 0.0601. The first-order valence-electron chi connectivity index (χ1n) is 6.21. The van der Waals surface area contributed by atoms with E-state index in [0.29, 0.717) is 16.9 Å². The minimum Gasteiger partial charge on any atom is -0.465 e. The zero-order chi connectivity index (χ0) is 16.1. The second kappa shape index (κ2) is 7.20. The maximum atomic E-state index is 13.0. The fraction of sp³-hybridized carbons (Fsp3) is 0.0667. The van der Waals surface area contributed by atoms with Crippen LogP contribution in [0.1, 0.15) is 10.4 Å². The van der Waals surface area contributed by atoms with Crippen molar-refractivity contribution in [2.75, 3.05) is 17.7 Å². The Kier molecular flexibility index (Phi) is 5.30. The molecule has 0 radical (unpaired) electrons. The van der Waals surface area contributed by atoms with Gasteiger partial charge < -0.3 is 15.4 Å². The zero-order valence-corrected chi connectivity index (χ0v) is 13.1. The van der Waals surface area contributed by atoms with Crippen LogP contribution in [0, 0.1) is 5.82 Å². The Morgan fingerprint density at radius 3 is 2.68 bits per heavy atom. The van der Waals surface area contributed by atoms with Gasteiger partial charge in [-0.3, -0.25) is 0 Å². The summed E-state index contributed by atoms with van der Waals surface area (Å²) in [5, 5.41) is 6.24. The van der Waals surface area contributed by atoms with Gasteiger partial charge in [-0.05, 0) is 48.6 Å². The summed E-state index contributed by atoms with van der Waals surface area (Å²) in [6.45, 7) is 0. The van der Waals surface area contributed by atoms with E-state index in [9.17, 15) is 9.18 Å². The standard InChI is InChI=1S/C15H12ClFN2O2S/c1-21-14(20)9-3-2-4-11(7-9)18-15(22)19-13-6-5-10(17)8-12(13)16/h2-8H,1H3,(H2,18,19,22). The number of halogens is 2. The Balaban J connectivity index is 2.07. The van der Waals surface area contributed by atoms with Crippen LogP contribution in [0.4, 0.5) is 15.8 Å². The molecule has 4 nitrogen and oxygen atoms in total. The maximum absolute atomic E-state index is 13.0. The van der Waals surface area contributed by atoms with Crippen LogP contribution in [0.3, 0.4) is 0 Å². The molecule has 0 atom stereocenters. The Labute approximate surface area is 137 Å². The molecule has 0 aliphatic heterocycles. The number of thiocarbonyl (C=S) groups is 1. The Hall–Kier alpha value is -2.18. The van der Waals surface area contributed by atoms with Crippen LogP contribution in [0.25, 0.3) is 0 Å². The van der Waals surface area contributed by atoms with E-state index in [1.807, 2.05) is 0 Å². The quantitative estimate of drug-likeness (QED) is 0.652. The lowest BCUT2D eigenvalue weighted by atomic mass is 10.2. The molecular formula is C15H12ClFN2O2S. The fourth-order valence-electron chi connectivity index (χ4n) is 1.72. The molecule has 0 unspecified atom stereocenters. The van der Waals surface area contributed by atoms with Crippen molar-refractivity contribution < 1.29 is 13.9 Å². The third-order valence-corrected chi connectivity index (χ3v) is 3.24. The van der Waals surface area contributed by atoms with Crippen LogP contribution in [0.15, 0.2) is 42.5 Å². The molecule has 0 heterocycles. The summed E-state index contributed by atoms with van der Waals surface area (Å²) in [4.78, 5) is 11.5. The van der Waals surface area contributed by atoms with Crippen molar-refractivity contribution in [1.82, 2.24) is 0 Å². The number of hydrogen-bond donors (Lipinski definition) is 2. The number of carbonyl (C=O) groups excluding carboxylic acids is 1. The smallest absolute Gasteiger partial charge is 0.337 e. The molecule has 2 aromatic rings. The average Bonchev–Trinajstić information content (AvgIpc) is 2.49. The van der Waals surface area contributed by atoms with Crippen molar-refractivity contribution in [2.45, 2.75) is 0 Å². The first-order chi connectivity index (χ1) is 10.5. The van der Waals surface area contributed by atoms with Gasteiger partial charge >= 0.3 is 5.97 Å². The Morgan fingerprint density at radius 2 is 2.00 bits per heavy atom. The van der Waals surface area contributed by atoms with E-state index < -0.39 is 11.8 Å². The van der Waals surface area contributed by atoms with E-state index in [1.165, 1.54) is 25.3 Å². The van der Waals surface area contributed by atoms with E-state index in [2.05, 4.69) is 15.4 Å². The molecule has 0 aromatic heterocycles. The molecular weight excluding hydrogens is 327 g/mol. The molecule has 0 saturated heterocycles. The Bertz CT molecular complexity index is 724. The molecule has 0 spiro atoms. The van der Waals surface area contributed by atoms with E-state index in [0.717, 1.165) is 0 Å². The fourth-order valence-corrected chi connectivity index (χ4v) is 2.16. The van der Waals surface area contributed by atoms with E-state index >= 15 is 0 Å². The van der Waals surface area contributed by atoms with E-state index in [4.69, 9.17) is 23.8 Å². The minimum absolute atomic E-state index is 0.215. The largest absolute Gasteiger partial charge is 0.465 e. The summed E-state index contributed by atoms with van der Waals surface area (Å²) in [5.41, 5.74) is 1.48. The maximum Gasteiger partial charge on any atom is 0.337 e. The van der Waals surface area contributed by atoms with Crippen molar-refractivity contribution in [3.63, 3.8) is 0 Å². The number of rotatable bonds is 3. The van der Waals surface area contributed by atoms with Gasteiger partial charge in [-0.25, -0.2) is 9.18 Å². The number of benzene rings is 2. The summed E-state index contributed by atoms with van der Waals surface area (Å²) in [6, 6.07) is 10.6. The molecule has 0 aliphatic rings. The molecule has 2 aromatic carbocycles. The van der Waals surface area contributed by atoms with Crippen molar-refractivity contribution >= 4 is 46.3 Å². The molecule has 0 saturated carbocycles. The van der Waals surface area contributed by atoms with Crippen LogP contribution < -0.4 is 10.6 Å². The summed E-state index contributed by atoms with van der Waals surface area (Å²) in [5.74, 6) is -0.871. The summed E-state index contributed by atoms with van der Waals surface area (Å²) < 4.78 is 17.6. The SMILES string of the molecule is COC(=O)c1cccc(NC(=S)Nc2ccc(F)cc2Cl)c1. The predicted octanol–water partition coefficient (Wildman–Crippen LogP) is 4.07. The number of methoxy groups -OCH3 is 1. The minimum atomic E-state index is -0.441. The molecule has 7 heteroatoms. The van der Waals surface area contributed by atoms with Crippen molar-refractivity contribution in [1.29, 1.82) is 0 Å². The van der Waals surface area contributed by atoms with Gasteiger partial charge in [0.25, 0.3) is 0 Å². The number of nitrogens with one attached hydrogen (secondary N) is 2. The normalized spacial score (nSPS) is 9.95. The number of esters is 1. The van der Waals surface area contributed by atoms with Crippen LogP contribution in [-0.4, -0.2) is 18.2 Å². The van der Waals surface area contributed by atoms with Gasteiger partial charge in [0.1, 0.15) is 5.82 Å². The molecule has 0 aliphatic carbocycles. The second-order valence-corrected chi connectivity index (χ2v) is 5.09. The first-order valence-corrected chi connectivity index (χ1v) is 6.99. The highest BCUT2D eigenvalue weighted by atomic mass is 35.5. The molecule has 0 fully saturated rings. The van der Waals surface area contributed by atoms with Crippen molar-refractivity contribution in [2.24, 2.45) is 0 Å². The predicted molar refractivity (Wildman–Crippen MR) is 89.0 cm³/mol. The van der Waals surface area contributed by atoms with Gasteiger partial charge in [-0.2, -0.15) is 0 Å². The third kappa shape index (κ3) is 4.16. The zero-order valence-electron chi connectivity index (χ0n) is 11.5. The highest BCUT2D eigenvalue weighted by Gasteiger charge is 2.08. The van der Waals surface area contributed by atoms with E-state index in [-0.39, 0.29) is 10.1 Å². The molecule has 0 bridgehead atoms. The lowest BCUT2D eigenvalue weighted by Gasteiger charge is -2.12. The van der Waals surface area contributed by atoms with Crippen LogP contribution in [-0.2, 0) is 4.74 Å². The molecule has 0 amide bonds. The van der Waals surface area contributed by atoms with Gasteiger partial charge in [0.15, 0.2) is 5.11 Å². The van der Waals surface area contributed by atoms with Gasteiger partial charge in [-0.1, -0.05) is 17.7 Å². The molecule has 2 N–H and O–H groups in total. The van der Waals surface area contributed by atoms with Crippen LogP contribution in [0.5, 0.6) is 0 Å². The number of hydrogen-bond acceptors (Lipinski definition) is 3. The number of carbonyl (C=O) groups is 1. The third-order valence-electron chi connectivity index (χ3n) is 2.72. The topological polar surface area (TPSA) is 50.4 Å². The van der Waals surface area contributed by atoms with Gasteiger partial charge in [0.05, 0.1) is 23.4 Å². The monoisotopic (exact) mass is 338 g/mol. The molecule has 22 heavy (non-hydrogen) atoms. The van der Waals surface area contributed by atoms with Crippen molar-refractivity contribution in [3.05, 3.63) is 58.9 Å². The molecule has 2 rings (SSSR count).